The quantitative estimate of drug-likeness (QED) is 0.605. The van der Waals surface area contributed by atoms with Crippen LogP contribution in [0.1, 0.15) is 25.1 Å². The van der Waals surface area contributed by atoms with Gasteiger partial charge in [0, 0.05) is 13.1 Å². The normalized spacial score (nSPS) is 16.6. The van der Waals surface area contributed by atoms with E-state index in [1.165, 1.54) is 25.8 Å². The SMILES string of the molecule is SCCCCCN1CCn2cnnc2C1. The topological polar surface area (TPSA) is 34.0 Å². The van der Waals surface area contributed by atoms with Crippen molar-refractivity contribution in [2.75, 3.05) is 18.8 Å². The number of hydrogen-bond donors (Lipinski definition) is 1. The Morgan fingerprint density at radius 1 is 1.27 bits per heavy atom. The first-order chi connectivity index (χ1) is 7.40. The zero-order chi connectivity index (χ0) is 10.5. The molecule has 0 saturated carbocycles. The first kappa shape index (κ1) is 11.0. The van der Waals surface area contributed by atoms with Crippen LogP contribution < -0.4 is 0 Å². The Labute approximate surface area is 96.1 Å². The van der Waals surface area contributed by atoms with Crippen molar-refractivity contribution in [3.8, 4) is 0 Å². The van der Waals surface area contributed by atoms with Gasteiger partial charge in [-0.15, -0.1) is 10.2 Å². The molecule has 1 aliphatic heterocycles. The molecule has 0 atom stereocenters. The van der Waals surface area contributed by atoms with Gasteiger partial charge >= 0.3 is 0 Å². The molecule has 15 heavy (non-hydrogen) atoms. The molecule has 84 valence electrons. The van der Waals surface area contributed by atoms with Crippen LogP contribution in [0.2, 0.25) is 0 Å². The van der Waals surface area contributed by atoms with Crippen molar-refractivity contribution in [1.29, 1.82) is 0 Å². The lowest BCUT2D eigenvalue weighted by Crippen LogP contribution is -2.34. The number of aromatic nitrogens is 3. The summed E-state index contributed by atoms with van der Waals surface area (Å²) in [6.45, 7) is 4.31. The minimum atomic E-state index is 0.959. The van der Waals surface area contributed by atoms with Gasteiger partial charge in [0.1, 0.15) is 12.2 Å². The zero-order valence-electron chi connectivity index (χ0n) is 8.97. The summed E-state index contributed by atoms with van der Waals surface area (Å²) in [6.07, 6.45) is 5.61. The van der Waals surface area contributed by atoms with E-state index in [-0.39, 0.29) is 0 Å². The Balaban J connectivity index is 1.73. The van der Waals surface area contributed by atoms with Crippen LogP contribution in [0.15, 0.2) is 6.33 Å². The number of fused-ring (bicyclic) bond motifs is 1. The second-order valence-corrected chi connectivity index (χ2v) is 4.45. The summed E-state index contributed by atoms with van der Waals surface area (Å²) in [5.74, 6) is 2.12. The van der Waals surface area contributed by atoms with Crippen molar-refractivity contribution < 1.29 is 0 Å². The summed E-state index contributed by atoms with van der Waals surface area (Å²) in [6, 6.07) is 0. The van der Waals surface area contributed by atoms with Crippen LogP contribution in [0, 0.1) is 0 Å². The molecule has 0 saturated heterocycles. The summed E-state index contributed by atoms with van der Waals surface area (Å²) in [5.41, 5.74) is 0. The lowest BCUT2D eigenvalue weighted by Gasteiger charge is -2.26. The maximum atomic E-state index is 4.21. The second kappa shape index (κ2) is 5.51. The van der Waals surface area contributed by atoms with E-state index in [1.54, 1.807) is 0 Å². The highest BCUT2D eigenvalue weighted by atomic mass is 32.1. The molecule has 0 fully saturated rings. The summed E-state index contributed by atoms with van der Waals surface area (Å²) >= 11 is 4.21. The van der Waals surface area contributed by atoms with E-state index in [4.69, 9.17) is 0 Å². The molecular weight excluding hydrogens is 208 g/mol. The molecule has 0 aromatic carbocycles. The Bertz CT molecular complexity index is 299. The van der Waals surface area contributed by atoms with E-state index >= 15 is 0 Å². The lowest BCUT2D eigenvalue weighted by atomic mass is 10.2. The van der Waals surface area contributed by atoms with Gasteiger partial charge in [0.05, 0.1) is 6.54 Å². The highest BCUT2D eigenvalue weighted by molar-refractivity contribution is 7.80. The van der Waals surface area contributed by atoms with Crippen LogP contribution >= 0.6 is 12.6 Å². The van der Waals surface area contributed by atoms with Crippen molar-refractivity contribution in [1.82, 2.24) is 19.7 Å². The number of unbranched alkanes of at least 4 members (excludes halogenated alkanes) is 2. The molecule has 0 bridgehead atoms. The van der Waals surface area contributed by atoms with Gasteiger partial charge in [-0.05, 0) is 25.1 Å². The monoisotopic (exact) mass is 226 g/mol. The molecule has 4 nitrogen and oxygen atoms in total. The van der Waals surface area contributed by atoms with Gasteiger partial charge in [0.15, 0.2) is 0 Å². The number of hydrogen-bond acceptors (Lipinski definition) is 4. The van der Waals surface area contributed by atoms with Crippen molar-refractivity contribution >= 4 is 12.6 Å². The fraction of sp³-hybridized carbons (Fsp3) is 0.800. The Hall–Kier alpha value is -0.550. The lowest BCUT2D eigenvalue weighted by molar-refractivity contribution is 0.213. The standard InChI is InChI=1S/C10H18N4S/c15-7-3-1-2-4-13-5-6-14-9-11-12-10(14)8-13/h9,15H,1-8H2. The number of thiol groups is 1. The summed E-state index contributed by atoms with van der Waals surface area (Å²) in [5, 5.41) is 8.03. The molecule has 0 aliphatic carbocycles. The van der Waals surface area contributed by atoms with Crippen molar-refractivity contribution in [2.24, 2.45) is 0 Å². The fourth-order valence-corrected chi connectivity index (χ4v) is 2.15. The largest absolute Gasteiger partial charge is 0.315 e. The molecule has 0 radical (unpaired) electrons. The predicted molar refractivity (Wildman–Crippen MR) is 63.0 cm³/mol. The van der Waals surface area contributed by atoms with E-state index in [0.717, 1.165) is 31.2 Å². The molecule has 0 amide bonds. The fourth-order valence-electron chi connectivity index (χ4n) is 1.93. The summed E-state index contributed by atoms with van der Waals surface area (Å²) < 4.78 is 2.14. The van der Waals surface area contributed by atoms with Crippen LogP contribution in [0.4, 0.5) is 0 Å². The third-order valence-electron chi connectivity index (χ3n) is 2.85. The van der Waals surface area contributed by atoms with E-state index in [0.29, 0.717) is 0 Å². The van der Waals surface area contributed by atoms with E-state index in [9.17, 15) is 0 Å². The highest BCUT2D eigenvalue weighted by Gasteiger charge is 2.16. The van der Waals surface area contributed by atoms with Crippen LogP contribution in [-0.4, -0.2) is 38.5 Å². The van der Waals surface area contributed by atoms with Gasteiger partial charge < -0.3 is 4.57 Å². The Morgan fingerprint density at radius 2 is 2.20 bits per heavy atom. The Morgan fingerprint density at radius 3 is 3.07 bits per heavy atom. The maximum absolute atomic E-state index is 4.21. The molecule has 5 heteroatoms. The number of rotatable bonds is 5. The van der Waals surface area contributed by atoms with Gasteiger partial charge in [-0.3, -0.25) is 4.90 Å². The average molecular weight is 226 g/mol. The molecule has 2 rings (SSSR count). The van der Waals surface area contributed by atoms with E-state index in [1.807, 2.05) is 6.33 Å². The second-order valence-electron chi connectivity index (χ2n) is 4.00. The van der Waals surface area contributed by atoms with E-state index < -0.39 is 0 Å². The number of nitrogens with zero attached hydrogens (tertiary/aromatic N) is 4. The van der Waals surface area contributed by atoms with Gasteiger partial charge in [-0.1, -0.05) is 6.42 Å². The van der Waals surface area contributed by atoms with Crippen molar-refractivity contribution in [2.45, 2.75) is 32.4 Å². The Kier molecular flexibility index (Phi) is 4.02. The molecule has 1 aromatic heterocycles. The maximum Gasteiger partial charge on any atom is 0.147 e. The van der Waals surface area contributed by atoms with Crippen LogP contribution in [0.25, 0.3) is 0 Å². The van der Waals surface area contributed by atoms with Gasteiger partial charge in [-0.25, -0.2) is 0 Å². The van der Waals surface area contributed by atoms with Crippen LogP contribution in [-0.2, 0) is 13.1 Å². The minimum absolute atomic E-state index is 0.959. The van der Waals surface area contributed by atoms with Gasteiger partial charge in [-0.2, -0.15) is 12.6 Å². The average Bonchev–Trinajstić information content (AvgIpc) is 2.71. The first-order valence-corrected chi connectivity index (χ1v) is 6.23. The molecule has 0 unspecified atom stereocenters. The molecule has 1 aromatic rings. The third-order valence-corrected chi connectivity index (χ3v) is 3.17. The van der Waals surface area contributed by atoms with E-state index in [2.05, 4.69) is 32.3 Å². The molecule has 2 heterocycles. The minimum Gasteiger partial charge on any atom is -0.315 e. The predicted octanol–water partition coefficient (Wildman–Crippen LogP) is 1.19. The van der Waals surface area contributed by atoms with Gasteiger partial charge in [0.25, 0.3) is 0 Å². The molecule has 0 spiro atoms. The first-order valence-electron chi connectivity index (χ1n) is 5.60. The summed E-state index contributed by atoms with van der Waals surface area (Å²) in [7, 11) is 0. The van der Waals surface area contributed by atoms with Gasteiger partial charge in [0.2, 0.25) is 0 Å². The van der Waals surface area contributed by atoms with Crippen molar-refractivity contribution in [3.05, 3.63) is 12.2 Å². The van der Waals surface area contributed by atoms with Crippen LogP contribution in [0.3, 0.4) is 0 Å². The summed E-state index contributed by atoms with van der Waals surface area (Å²) in [4.78, 5) is 2.46. The van der Waals surface area contributed by atoms with Crippen molar-refractivity contribution in [3.63, 3.8) is 0 Å². The third kappa shape index (κ3) is 2.95. The molecule has 0 N–H and O–H groups in total. The smallest absolute Gasteiger partial charge is 0.147 e. The van der Waals surface area contributed by atoms with Crippen LogP contribution in [0.5, 0.6) is 0 Å². The molecular formula is C10H18N4S. The molecule has 1 aliphatic rings. The zero-order valence-corrected chi connectivity index (χ0v) is 9.86. The highest BCUT2D eigenvalue weighted by Crippen LogP contribution is 2.10.